The Morgan fingerprint density at radius 2 is 1.27 bits per heavy atom. The molecule has 3 rings (SSSR count). The van der Waals surface area contributed by atoms with E-state index in [2.05, 4.69) is 69.5 Å². The molecular weight excluding hydrogens is 656 g/mol. The lowest BCUT2D eigenvalue weighted by Gasteiger charge is -2.29. The summed E-state index contributed by atoms with van der Waals surface area (Å²) < 4.78 is 23.2. The molecule has 8 heteroatoms. The second-order valence-electron chi connectivity index (χ2n) is 13.5. The number of unbranched alkanes of at least 4 members (excludes halogenated alkanes) is 2. The van der Waals surface area contributed by atoms with Gasteiger partial charge in [0.15, 0.2) is 0 Å². The number of aliphatic hydroxyl groups excluding tert-OH is 2. The molecule has 0 unspecified atom stereocenters. The first-order valence-electron chi connectivity index (χ1n) is 18.5. The molecule has 0 saturated heterocycles. The molecule has 0 bridgehead atoms. The van der Waals surface area contributed by atoms with Gasteiger partial charge in [-0.1, -0.05) is 89.2 Å². The van der Waals surface area contributed by atoms with E-state index in [0.29, 0.717) is 41.9 Å². The number of benzene rings is 3. The molecule has 3 aromatic rings. The summed E-state index contributed by atoms with van der Waals surface area (Å²) in [4.78, 5) is 24.1. The lowest BCUT2D eigenvalue weighted by Crippen LogP contribution is -2.29. The average Bonchev–Trinajstić information content (AvgIpc) is 3.16. The van der Waals surface area contributed by atoms with E-state index in [-0.39, 0.29) is 39.6 Å². The maximum atomic E-state index is 12.0. The van der Waals surface area contributed by atoms with Crippen molar-refractivity contribution in [2.45, 2.75) is 86.0 Å². The minimum Gasteiger partial charge on any atom is -0.490 e. The molecule has 282 valence electrons. The minimum absolute atomic E-state index is 0.0330. The van der Waals surface area contributed by atoms with Gasteiger partial charge >= 0.3 is 11.9 Å². The Kier molecular flexibility index (Phi) is 17.1. The molecule has 8 nitrogen and oxygen atoms in total. The summed E-state index contributed by atoms with van der Waals surface area (Å²) in [6, 6.07) is 19.1. The van der Waals surface area contributed by atoms with E-state index in [1.165, 1.54) is 24.8 Å². The van der Waals surface area contributed by atoms with E-state index >= 15 is 0 Å². The van der Waals surface area contributed by atoms with Gasteiger partial charge in [-0.25, -0.2) is 9.59 Å². The van der Waals surface area contributed by atoms with Gasteiger partial charge in [-0.05, 0) is 97.9 Å². The van der Waals surface area contributed by atoms with Gasteiger partial charge in [0.2, 0.25) is 0 Å². The fraction of sp³-hybridized carbons (Fsp3) is 0.455. The third kappa shape index (κ3) is 12.1. The first kappa shape index (κ1) is 42.0. The van der Waals surface area contributed by atoms with Gasteiger partial charge in [0.05, 0.1) is 13.2 Å². The van der Waals surface area contributed by atoms with E-state index in [1.807, 2.05) is 19.1 Å². The normalized spacial score (nSPS) is 11.2. The second kappa shape index (κ2) is 21.2. The molecule has 0 aliphatic heterocycles. The summed E-state index contributed by atoms with van der Waals surface area (Å²) >= 11 is 0. The van der Waals surface area contributed by atoms with Crippen LogP contribution in [0.5, 0.6) is 11.5 Å². The van der Waals surface area contributed by atoms with Gasteiger partial charge in [0.1, 0.15) is 37.9 Å². The fourth-order valence-electron chi connectivity index (χ4n) is 5.86. The molecule has 3 aromatic carbocycles. The van der Waals surface area contributed by atoms with Crippen LogP contribution in [-0.4, -0.2) is 61.8 Å². The largest absolute Gasteiger partial charge is 0.490 e. The smallest absolute Gasteiger partial charge is 0.333 e. The highest BCUT2D eigenvalue weighted by Gasteiger charge is 2.27. The quantitative estimate of drug-likeness (QED) is 0.0571. The number of hydrogen-bond acceptors (Lipinski definition) is 8. The van der Waals surface area contributed by atoms with Crippen molar-refractivity contribution < 1.29 is 38.7 Å². The molecular formula is C44H58O8. The van der Waals surface area contributed by atoms with Crippen LogP contribution in [0.3, 0.4) is 0 Å². The highest BCUT2D eigenvalue weighted by atomic mass is 16.6. The number of ether oxygens (including phenoxy) is 4. The molecule has 0 aliphatic carbocycles. The average molecular weight is 715 g/mol. The molecule has 2 N–H and O–H groups in total. The van der Waals surface area contributed by atoms with Crippen LogP contribution in [0.4, 0.5) is 0 Å². The molecule has 0 aromatic heterocycles. The first-order chi connectivity index (χ1) is 25.0. The Hall–Kier alpha value is -4.40. The van der Waals surface area contributed by atoms with Crippen molar-refractivity contribution in [2.75, 3.05) is 39.6 Å². The Bertz CT molecular complexity index is 1630. The van der Waals surface area contributed by atoms with Gasteiger partial charge in [-0.2, -0.15) is 0 Å². The molecule has 0 atom stereocenters. The van der Waals surface area contributed by atoms with Crippen molar-refractivity contribution in [1.82, 2.24) is 0 Å². The SMILES string of the molecule is C=C(C)C(=O)OCCOc1cc(-c2ccc(-c3ccc(CCCCC)cc3)cc2CC)c(OCCOC(=O)C(=C)C)cc1CCC(CC)(CO)CO. The van der Waals surface area contributed by atoms with E-state index in [9.17, 15) is 19.8 Å². The fourth-order valence-corrected chi connectivity index (χ4v) is 5.86. The molecule has 0 heterocycles. The van der Waals surface area contributed by atoms with Crippen LogP contribution in [0.1, 0.15) is 83.4 Å². The number of aliphatic hydroxyl groups is 2. The molecule has 0 fully saturated rings. The van der Waals surface area contributed by atoms with Crippen molar-refractivity contribution in [2.24, 2.45) is 5.41 Å². The summed E-state index contributed by atoms with van der Waals surface area (Å²) in [5.74, 6) is 0.185. The number of carbonyl (C=O) groups excluding carboxylic acids is 2. The van der Waals surface area contributed by atoms with Crippen LogP contribution in [-0.2, 0) is 38.3 Å². The van der Waals surface area contributed by atoms with Gasteiger partial charge in [-0.15, -0.1) is 0 Å². The maximum Gasteiger partial charge on any atom is 0.333 e. The van der Waals surface area contributed by atoms with Gasteiger partial charge in [-0.3, -0.25) is 0 Å². The zero-order valence-electron chi connectivity index (χ0n) is 31.9. The van der Waals surface area contributed by atoms with Gasteiger partial charge in [0, 0.05) is 22.1 Å². The third-order valence-corrected chi connectivity index (χ3v) is 9.49. The molecule has 0 spiro atoms. The van der Waals surface area contributed by atoms with E-state index in [1.54, 1.807) is 13.8 Å². The second-order valence-corrected chi connectivity index (χ2v) is 13.5. The summed E-state index contributed by atoms with van der Waals surface area (Å²) in [5, 5.41) is 20.3. The Labute approximate surface area is 310 Å². The maximum absolute atomic E-state index is 12.0. The Morgan fingerprint density at radius 1 is 0.673 bits per heavy atom. The van der Waals surface area contributed by atoms with E-state index < -0.39 is 17.4 Å². The molecule has 0 aliphatic rings. The highest BCUT2D eigenvalue weighted by Crippen LogP contribution is 2.41. The third-order valence-electron chi connectivity index (χ3n) is 9.49. The monoisotopic (exact) mass is 714 g/mol. The molecule has 52 heavy (non-hydrogen) atoms. The number of aryl methyl sites for hydroxylation is 3. The predicted molar refractivity (Wildman–Crippen MR) is 208 cm³/mol. The summed E-state index contributed by atoms with van der Waals surface area (Å²) in [6.07, 6.45) is 7.04. The van der Waals surface area contributed by atoms with Crippen LogP contribution in [0, 0.1) is 5.41 Å². The van der Waals surface area contributed by atoms with Crippen molar-refractivity contribution in [3.63, 3.8) is 0 Å². The van der Waals surface area contributed by atoms with E-state index in [4.69, 9.17) is 18.9 Å². The zero-order chi connectivity index (χ0) is 38.1. The van der Waals surface area contributed by atoms with Gasteiger partial charge < -0.3 is 29.2 Å². The van der Waals surface area contributed by atoms with Crippen LogP contribution in [0.2, 0.25) is 0 Å². The predicted octanol–water partition coefficient (Wildman–Crippen LogP) is 8.63. The van der Waals surface area contributed by atoms with Crippen molar-refractivity contribution in [3.8, 4) is 33.8 Å². The lowest BCUT2D eigenvalue weighted by molar-refractivity contribution is -0.140. The van der Waals surface area contributed by atoms with Crippen LogP contribution >= 0.6 is 0 Å². The highest BCUT2D eigenvalue weighted by molar-refractivity contribution is 5.87. The zero-order valence-corrected chi connectivity index (χ0v) is 31.9. The number of esters is 2. The van der Waals surface area contributed by atoms with Crippen molar-refractivity contribution in [3.05, 3.63) is 95.6 Å². The molecule has 0 amide bonds. The summed E-state index contributed by atoms with van der Waals surface area (Å²) in [7, 11) is 0. The summed E-state index contributed by atoms with van der Waals surface area (Å²) in [5.41, 5.74) is 7.24. The standard InChI is InChI=1S/C44H58O8/c1-8-11-12-13-33-14-16-35(17-15-33)36-18-19-38(34(9-2)26-36)39-28-40(49-22-24-51-42(47)31(4)5)37(20-21-44(10-3,29-45)30-46)27-41(39)50-23-25-52-43(48)32(6)7/h14-19,26-28,45-46H,4,6,8-13,20-25,29-30H2,1-3,5,7H3. The van der Waals surface area contributed by atoms with E-state index in [0.717, 1.165) is 46.2 Å². The van der Waals surface area contributed by atoms with Crippen molar-refractivity contribution in [1.29, 1.82) is 0 Å². The van der Waals surface area contributed by atoms with Crippen LogP contribution < -0.4 is 9.47 Å². The summed E-state index contributed by atoms with van der Waals surface area (Å²) in [6.45, 7) is 16.7. The number of carbonyl (C=O) groups is 2. The number of rotatable bonds is 23. The van der Waals surface area contributed by atoms with Crippen molar-refractivity contribution >= 4 is 11.9 Å². The molecule has 0 radical (unpaired) electrons. The number of hydrogen-bond donors (Lipinski definition) is 2. The minimum atomic E-state index is -0.663. The lowest BCUT2D eigenvalue weighted by atomic mass is 9.81. The first-order valence-corrected chi connectivity index (χ1v) is 18.5. The Balaban J connectivity index is 2.06. The van der Waals surface area contributed by atoms with Crippen LogP contribution in [0.15, 0.2) is 78.9 Å². The topological polar surface area (TPSA) is 112 Å². The van der Waals surface area contributed by atoms with Gasteiger partial charge in [0.25, 0.3) is 0 Å². The molecule has 0 saturated carbocycles. The Morgan fingerprint density at radius 3 is 1.81 bits per heavy atom. The van der Waals surface area contributed by atoms with Crippen LogP contribution in [0.25, 0.3) is 22.3 Å².